The van der Waals surface area contributed by atoms with Crippen LogP contribution in [0.5, 0.6) is 0 Å². The first-order chi connectivity index (χ1) is 8.54. The molecule has 0 bridgehead atoms. The molecule has 0 saturated carbocycles. The van der Waals surface area contributed by atoms with Crippen molar-refractivity contribution >= 4 is 23.4 Å². The Morgan fingerprint density at radius 3 is 2.39 bits per heavy atom. The fourth-order valence-corrected chi connectivity index (χ4v) is 1.77. The number of carboxylic acids is 1. The third-order valence-electron chi connectivity index (χ3n) is 2.78. The van der Waals surface area contributed by atoms with Gasteiger partial charge in [-0.15, -0.1) is 11.6 Å². The topological polar surface area (TPSA) is 54.4 Å². The lowest BCUT2D eigenvalue weighted by Crippen LogP contribution is -2.12. The number of carboxylic acid groups (broad SMARTS) is 1. The molecule has 0 fully saturated rings. The van der Waals surface area contributed by atoms with E-state index in [4.69, 9.17) is 16.7 Å². The van der Waals surface area contributed by atoms with E-state index < -0.39 is 11.9 Å². The van der Waals surface area contributed by atoms with Gasteiger partial charge in [-0.25, -0.2) is 0 Å². The molecule has 1 aromatic rings. The van der Waals surface area contributed by atoms with Crippen LogP contribution in [-0.4, -0.2) is 22.7 Å². The van der Waals surface area contributed by atoms with E-state index >= 15 is 0 Å². The van der Waals surface area contributed by atoms with Gasteiger partial charge >= 0.3 is 5.97 Å². The van der Waals surface area contributed by atoms with E-state index in [1.807, 2.05) is 12.1 Å². The smallest absolute Gasteiger partial charge is 0.306 e. The summed E-state index contributed by atoms with van der Waals surface area (Å²) in [6.07, 6.45) is 1.61. The fraction of sp³-hybridized carbons (Fsp3) is 0.429. The van der Waals surface area contributed by atoms with E-state index in [1.165, 1.54) is 0 Å². The standard InChI is InChI=1S/C14H17ClO3/c1-10(14(17)18)9-11-4-6-12(7-5-11)13(16)3-2-8-15/h4-7,10H,2-3,8-9H2,1H3,(H,17,18). The van der Waals surface area contributed by atoms with Crippen LogP contribution >= 0.6 is 11.6 Å². The summed E-state index contributed by atoms with van der Waals surface area (Å²) < 4.78 is 0. The molecule has 0 aliphatic rings. The molecule has 0 aliphatic carbocycles. The molecule has 0 heterocycles. The molecular formula is C14H17ClO3. The van der Waals surface area contributed by atoms with Crippen molar-refractivity contribution in [2.75, 3.05) is 5.88 Å². The summed E-state index contributed by atoms with van der Waals surface area (Å²) in [5, 5.41) is 8.82. The normalized spacial score (nSPS) is 12.1. The van der Waals surface area contributed by atoms with Gasteiger partial charge in [-0.3, -0.25) is 9.59 Å². The van der Waals surface area contributed by atoms with Crippen LogP contribution in [0.15, 0.2) is 24.3 Å². The van der Waals surface area contributed by atoms with Gasteiger partial charge < -0.3 is 5.11 Å². The zero-order chi connectivity index (χ0) is 13.5. The average Bonchev–Trinajstić information content (AvgIpc) is 2.36. The van der Waals surface area contributed by atoms with Gasteiger partial charge in [0, 0.05) is 17.9 Å². The second kappa shape index (κ2) is 7.17. The zero-order valence-electron chi connectivity index (χ0n) is 10.4. The third-order valence-corrected chi connectivity index (χ3v) is 3.04. The molecule has 1 rings (SSSR count). The molecule has 0 amide bonds. The van der Waals surface area contributed by atoms with Crippen molar-refractivity contribution in [1.82, 2.24) is 0 Å². The maximum atomic E-state index is 11.7. The van der Waals surface area contributed by atoms with Crippen molar-refractivity contribution in [1.29, 1.82) is 0 Å². The zero-order valence-corrected chi connectivity index (χ0v) is 11.1. The van der Waals surface area contributed by atoms with Gasteiger partial charge in [0.25, 0.3) is 0 Å². The van der Waals surface area contributed by atoms with Crippen LogP contribution in [0.4, 0.5) is 0 Å². The van der Waals surface area contributed by atoms with Crippen molar-refractivity contribution in [2.45, 2.75) is 26.2 Å². The number of carbonyl (C=O) groups is 2. The molecule has 98 valence electrons. The SMILES string of the molecule is CC(Cc1ccc(C(=O)CCCCl)cc1)C(=O)O. The minimum Gasteiger partial charge on any atom is -0.481 e. The van der Waals surface area contributed by atoms with Crippen LogP contribution in [0.1, 0.15) is 35.7 Å². The van der Waals surface area contributed by atoms with Gasteiger partial charge in [-0.1, -0.05) is 31.2 Å². The number of rotatable bonds is 7. The highest BCUT2D eigenvalue weighted by Crippen LogP contribution is 2.12. The Hall–Kier alpha value is -1.35. The molecule has 1 atom stereocenters. The lowest BCUT2D eigenvalue weighted by atomic mass is 9.99. The molecule has 0 aromatic heterocycles. The molecule has 4 heteroatoms. The van der Waals surface area contributed by atoms with Crippen LogP contribution in [0, 0.1) is 5.92 Å². The minimum absolute atomic E-state index is 0.0773. The number of benzene rings is 1. The van der Waals surface area contributed by atoms with Crippen LogP contribution in [0.3, 0.4) is 0 Å². The largest absolute Gasteiger partial charge is 0.481 e. The van der Waals surface area contributed by atoms with Crippen LogP contribution < -0.4 is 0 Å². The number of Topliss-reactive ketones (excluding diaryl/α,β-unsaturated/α-hetero) is 1. The van der Waals surface area contributed by atoms with E-state index in [9.17, 15) is 9.59 Å². The molecular weight excluding hydrogens is 252 g/mol. The van der Waals surface area contributed by atoms with Crippen molar-refractivity contribution in [3.05, 3.63) is 35.4 Å². The first kappa shape index (κ1) is 14.7. The number of alkyl halides is 1. The Morgan fingerprint density at radius 2 is 1.89 bits per heavy atom. The Kier molecular flexibility index (Phi) is 5.86. The average molecular weight is 269 g/mol. The Balaban J connectivity index is 2.62. The van der Waals surface area contributed by atoms with Gasteiger partial charge in [-0.2, -0.15) is 0 Å². The van der Waals surface area contributed by atoms with Gasteiger partial charge in [0.2, 0.25) is 0 Å². The number of halogens is 1. The highest BCUT2D eigenvalue weighted by Gasteiger charge is 2.12. The molecule has 0 aliphatic heterocycles. The van der Waals surface area contributed by atoms with Crippen molar-refractivity contribution in [3.8, 4) is 0 Å². The summed E-state index contributed by atoms with van der Waals surface area (Å²) in [7, 11) is 0. The highest BCUT2D eigenvalue weighted by atomic mass is 35.5. The minimum atomic E-state index is -0.808. The Bertz CT molecular complexity index is 412. The summed E-state index contributed by atoms with van der Waals surface area (Å²) in [6, 6.07) is 7.13. The molecule has 1 aromatic carbocycles. The van der Waals surface area contributed by atoms with Crippen molar-refractivity contribution in [2.24, 2.45) is 5.92 Å². The molecule has 1 unspecified atom stereocenters. The van der Waals surface area contributed by atoms with Crippen LogP contribution in [0.2, 0.25) is 0 Å². The van der Waals surface area contributed by atoms with E-state index in [-0.39, 0.29) is 5.78 Å². The van der Waals surface area contributed by atoms with Crippen molar-refractivity contribution < 1.29 is 14.7 Å². The number of hydrogen-bond donors (Lipinski definition) is 1. The summed E-state index contributed by atoms with van der Waals surface area (Å²) in [5.41, 5.74) is 1.59. The monoisotopic (exact) mass is 268 g/mol. The van der Waals surface area contributed by atoms with E-state index in [2.05, 4.69) is 0 Å². The van der Waals surface area contributed by atoms with E-state index in [0.29, 0.717) is 30.7 Å². The lowest BCUT2D eigenvalue weighted by molar-refractivity contribution is -0.141. The summed E-state index contributed by atoms with van der Waals surface area (Å²) >= 11 is 5.54. The molecule has 18 heavy (non-hydrogen) atoms. The molecule has 0 spiro atoms. The van der Waals surface area contributed by atoms with Crippen LogP contribution in [-0.2, 0) is 11.2 Å². The summed E-state index contributed by atoms with van der Waals surface area (Å²) in [4.78, 5) is 22.4. The fourth-order valence-electron chi connectivity index (χ4n) is 1.64. The number of ketones is 1. The summed E-state index contributed by atoms with van der Waals surface area (Å²) in [5.74, 6) is -0.659. The van der Waals surface area contributed by atoms with Gasteiger partial charge in [0.05, 0.1) is 5.92 Å². The second-order valence-corrected chi connectivity index (χ2v) is 4.73. The number of hydrogen-bond acceptors (Lipinski definition) is 2. The maximum absolute atomic E-state index is 11.7. The van der Waals surface area contributed by atoms with Gasteiger partial charge in [-0.05, 0) is 18.4 Å². The Labute approximate surface area is 112 Å². The van der Waals surface area contributed by atoms with Gasteiger partial charge in [0.15, 0.2) is 5.78 Å². The van der Waals surface area contributed by atoms with E-state index in [0.717, 1.165) is 5.56 Å². The lowest BCUT2D eigenvalue weighted by Gasteiger charge is -2.07. The maximum Gasteiger partial charge on any atom is 0.306 e. The third kappa shape index (κ3) is 4.49. The number of aliphatic carboxylic acids is 1. The predicted molar refractivity (Wildman–Crippen MR) is 71.2 cm³/mol. The Morgan fingerprint density at radius 1 is 1.28 bits per heavy atom. The first-order valence-electron chi connectivity index (χ1n) is 5.95. The highest BCUT2D eigenvalue weighted by molar-refractivity contribution is 6.18. The second-order valence-electron chi connectivity index (χ2n) is 4.36. The van der Waals surface area contributed by atoms with Gasteiger partial charge in [0.1, 0.15) is 0 Å². The van der Waals surface area contributed by atoms with Crippen molar-refractivity contribution in [3.63, 3.8) is 0 Å². The molecule has 1 N–H and O–H groups in total. The molecule has 3 nitrogen and oxygen atoms in total. The molecule has 0 saturated heterocycles. The quantitative estimate of drug-likeness (QED) is 0.610. The van der Waals surface area contributed by atoms with E-state index in [1.54, 1.807) is 19.1 Å². The predicted octanol–water partition coefficient (Wildman–Crippen LogP) is 3.15. The molecule has 0 radical (unpaired) electrons. The number of carbonyl (C=O) groups excluding carboxylic acids is 1. The summed E-state index contributed by atoms with van der Waals surface area (Å²) in [6.45, 7) is 1.67. The first-order valence-corrected chi connectivity index (χ1v) is 6.49. The van der Waals surface area contributed by atoms with Crippen LogP contribution in [0.25, 0.3) is 0 Å².